The molecule has 10 heteroatoms. The van der Waals surface area contributed by atoms with Crippen molar-refractivity contribution in [3.63, 3.8) is 0 Å². The zero-order valence-electron chi connectivity index (χ0n) is 25.2. The van der Waals surface area contributed by atoms with Crippen LogP contribution in [0, 0.1) is 11.3 Å². The first-order valence-corrected chi connectivity index (χ1v) is 36.5. The van der Waals surface area contributed by atoms with Gasteiger partial charge in [0, 0.05) is 16.1 Å². The second kappa shape index (κ2) is 11.4. The monoisotopic (exact) mass is 580 g/mol. The lowest BCUT2D eigenvalue weighted by Gasteiger charge is -2.49. The summed E-state index contributed by atoms with van der Waals surface area (Å²) in [6, 6.07) is 0. The normalized spacial score (nSPS) is 16.8. The van der Waals surface area contributed by atoms with Crippen molar-refractivity contribution in [2.75, 3.05) is 11.6 Å². The molecule has 0 fully saturated rings. The molecule has 0 aliphatic rings. The molecule has 0 spiro atoms. The Labute approximate surface area is 213 Å². The standard InChI is InChI=1S/C22H58N2P2Si6/c1-27(2,3)21-25(23(29(7,8)9)30(10,11)12)19-20-26(22-28(4,5)6)24(31(13,14)15)32(16,17)18/h21-22H2,1-18H3. The lowest BCUT2D eigenvalue weighted by molar-refractivity contribution is 0.974. The Morgan fingerprint density at radius 3 is 0.719 bits per heavy atom. The van der Waals surface area contributed by atoms with Crippen molar-refractivity contribution in [1.29, 1.82) is 0 Å². The summed E-state index contributed by atoms with van der Waals surface area (Å²) in [4.78, 5) is 0. The number of hydrogen-bond acceptors (Lipinski definition) is 2. The molecule has 0 aliphatic heterocycles. The third-order valence-corrected chi connectivity index (χ3v) is 39.7. The Kier molecular flexibility index (Phi) is 11.9. The van der Waals surface area contributed by atoms with Crippen LogP contribution in [-0.2, 0) is 0 Å². The van der Waals surface area contributed by atoms with E-state index >= 15 is 0 Å². The van der Waals surface area contributed by atoms with Gasteiger partial charge in [-0.25, -0.2) is 0 Å². The van der Waals surface area contributed by atoms with Gasteiger partial charge in [-0.2, -0.15) is 0 Å². The van der Waals surface area contributed by atoms with Gasteiger partial charge in [-0.3, -0.25) is 0 Å². The van der Waals surface area contributed by atoms with Gasteiger partial charge in [0.2, 0.25) is 0 Å². The number of rotatable bonds is 10. The smallest absolute Gasteiger partial charge is 0.116 e. The summed E-state index contributed by atoms with van der Waals surface area (Å²) in [5.74, 6) is 2.75. The van der Waals surface area contributed by atoms with Crippen LogP contribution in [-0.4, -0.2) is 68.7 Å². The van der Waals surface area contributed by atoms with E-state index in [-0.39, 0.29) is 16.1 Å². The van der Waals surface area contributed by atoms with Gasteiger partial charge in [-0.1, -0.05) is 129 Å². The van der Waals surface area contributed by atoms with Gasteiger partial charge in [0.25, 0.3) is 0 Å². The first-order chi connectivity index (χ1) is 13.7. The summed E-state index contributed by atoms with van der Waals surface area (Å²) >= 11 is 0. The minimum absolute atomic E-state index is 0.366. The molecule has 0 radical (unpaired) electrons. The molecule has 0 aromatic carbocycles. The van der Waals surface area contributed by atoms with Crippen LogP contribution in [0.2, 0.25) is 118 Å². The van der Waals surface area contributed by atoms with Crippen molar-refractivity contribution in [1.82, 2.24) is 8.00 Å². The van der Waals surface area contributed by atoms with Gasteiger partial charge in [0.1, 0.15) is 32.9 Å². The summed E-state index contributed by atoms with van der Waals surface area (Å²) in [7, 11) is -8.92. The van der Waals surface area contributed by atoms with E-state index in [1.54, 1.807) is 0 Å². The minimum atomic E-state index is -1.44. The Morgan fingerprint density at radius 2 is 0.594 bits per heavy atom. The maximum atomic E-state index is 4.14. The summed E-state index contributed by atoms with van der Waals surface area (Å²) in [5.41, 5.74) is 8.27. The molecule has 0 N–H and O–H groups in total. The quantitative estimate of drug-likeness (QED) is 0.144. The van der Waals surface area contributed by atoms with Crippen molar-refractivity contribution in [2.24, 2.45) is 0 Å². The molecular formula is C22H58N2P2Si6. The molecule has 0 saturated heterocycles. The van der Waals surface area contributed by atoms with E-state index in [9.17, 15) is 0 Å². The fourth-order valence-electron chi connectivity index (χ4n) is 4.80. The zero-order chi connectivity index (χ0) is 26.1. The average molecular weight is 581 g/mol. The van der Waals surface area contributed by atoms with E-state index in [2.05, 4.69) is 137 Å². The van der Waals surface area contributed by atoms with Crippen molar-refractivity contribution < 1.29 is 0 Å². The fraction of sp³-hybridized carbons (Fsp3) is 0.909. The average Bonchev–Trinajstić information content (AvgIpc) is 2.34. The van der Waals surface area contributed by atoms with Gasteiger partial charge in [0.05, 0.1) is 16.1 Å². The largest absolute Gasteiger partial charge is 0.315 e. The lowest BCUT2D eigenvalue weighted by Crippen LogP contribution is -2.57. The first kappa shape index (κ1) is 33.6. The fourth-order valence-corrected chi connectivity index (χ4v) is 45.7. The van der Waals surface area contributed by atoms with Crippen molar-refractivity contribution in [3.05, 3.63) is 0 Å². The second-order valence-corrected chi connectivity index (χ2v) is 52.9. The van der Waals surface area contributed by atoms with E-state index in [1.807, 2.05) is 0 Å². The molecule has 2 unspecified atom stereocenters. The van der Waals surface area contributed by atoms with Crippen LogP contribution in [0.3, 0.4) is 0 Å². The van der Waals surface area contributed by atoms with Gasteiger partial charge < -0.3 is 8.00 Å². The van der Waals surface area contributed by atoms with Gasteiger partial charge in [-0.05, 0) is 11.6 Å². The molecule has 2 nitrogen and oxygen atoms in total. The van der Waals surface area contributed by atoms with Crippen LogP contribution in [0.25, 0.3) is 0 Å². The SMILES string of the molecule is C[Si](C)(C)CP(C#CP(C[Si](C)(C)C)N([Si](C)(C)C)[Si](C)(C)C)N([Si](C)(C)C)[Si](C)(C)C. The molecule has 0 bridgehead atoms. The number of nitrogens with zero attached hydrogens (tertiary/aromatic N) is 2. The van der Waals surface area contributed by atoms with Crippen LogP contribution in [0.15, 0.2) is 0 Å². The van der Waals surface area contributed by atoms with E-state index in [4.69, 9.17) is 0 Å². The molecule has 0 heterocycles. The highest BCUT2D eigenvalue weighted by molar-refractivity contribution is 7.70. The van der Waals surface area contributed by atoms with Gasteiger partial charge >= 0.3 is 0 Å². The van der Waals surface area contributed by atoms with E-state index in [0.717, 1.165) is 0 Å². The maximum Gasteiger partial charge on any atom is 0.116 e. The van der Waals surface area contributed by atoms with Crippen LogP contribution in [0.4, 0.5) is 0 Å². The summed E-state index contributed by atoms with van der Waals surface area (Å²) < 4.78 is 6.13. The van der Waals surface area contributed by atoms with Crippen molar-refractivity contribution in [2.45, 2.75) is 118 Å². The van der Waals surface area contributed by atoms with Crippen LogP contribution < -0.4 is 0 Å². The van der Waals surface area contributed by atoms with Crippen molar-refractivity contribution >= 4 is 65.2 Å². The third kappa shape index (κ3) is 12.6. The van der Waals surface area contributed by atoms with Crippen molar-refractivity contribution in [3.8, 4) is 11.3 Å². The Morgan fingerprint density at radius 1 is 0.406 bits per heavy atom. The highest BCUT2D eigenvalue weighted by Crippen LogP contribution is 2.52. The first-order valence-electron chi connectivity index (χ1n) is 12.3. The predicted octanol–water partition coefficient (Wildman–Crippen LogP) is 9.40. The predicted molar refractivity (Wildman–Crippen MR) is 175 cm³/mol. The molecular weight excluding hydrogens is 523 g/mol. The van der Waals surface area contributed by atoms with Crippen LogP contribution >= 0.6 is 16.1 Å². The third-order valence-electron chi connectivity index (χ3n) is 4.58. The highest BCUT2D eigenvalue weighted by Gasteiger charge is 2.42. The molecule has 0 aromatic heterocycles. The topological polar surface area (TPSA) is 6.48 Å². The van der Waals surface area contributed by atoms with E-state index in [1.165, 1.54) is 11.6 Å². The molecule has 0 aliphatic carbocycles. The van der Waals surface area contributed by atoms with Gasteiger partial charge in [0.15, 0.2) is 0 Å². The van der Waals surface area contributed by atoms with Crippen LogP contribution in [0.5, 0.6) is 0 Å². The molecule has 0 amide bonds. The molecule has 0 saturated carbocycles. The summed E-state index contributed by atoms with van der Waals surface area (Å²) in [6.07, 6.45) is 0. The van der Waals surface area contributed by atoms with E-state index < -0.39 is 49.1 Å². The number of hydrogen-bond donors (Lipinski definition) is 0. The Balaban J connectivity index is 6.76. The molecule has 2 atom stereocenters. The van der Waals surface area contributed by atoms with E-state index in [0.29, 0.717) is 0 Å². The Bertz CT molecular complexity index is 581. The molecule has 190 valence electrons. The highest BCUT2D eigenvalue weighted by atomic mass is 31.1. The maximum absolute atomic E-state index is 4.14. The van der Waals surface area contributed by atoms with Crippen LogP contribution in [0.1, 0.15) is 0 Å². The molecule has 32 heavy (non-hydrogen) atoms. The zero-order valence-corrected chi connectivity index (χ0v) is 33.0. The van der Waals surface area contributed by atoms with Gasteiger partial charge in [-0.15, -0.1) is 0 Å². The Hall–Kier alpha value is 1.64. The lowest BCUT2D eigenvalue weighted by atomic mass is 11.4. The minimum Gasteiger partial charge on any atom is -0.315 e. The molecule has 0 rings (SSSR count). The second-order valence-electron chi connectivity index (χ2n) is 15.8. The summed E-state index contributed by atoms with van der Waals surface area (Å²) in [6.45, 7) is 46.1. The summed E-state index contributed by atoms with van der Waals surface area (Å²) in [5, 5.41) is 0. The molecule has 0 aromatic rings.